The topological polar surface area (TPSA) is 12.0 Å². The third-order valence-electron chi connectivity index (χ3n) is 1.60. The Morgan fingerprint density at radius 1 is 1.50 bits per heavy atom. The molecular formula is C9H11BrClN. The second kappa shape index (κ2) is 4.85. The molecule has 0 fully saturated rings. The average molecular weight is 249 g/mol. The lowest BCUT2D eigenvalue weighted by Gasteiger charge is -2.05. The van der Waals surface area contributed by atoms with Crippen LogP contribution in [0.1, 0.15) is 12.5 Å². The highest BCUT2D eigenvalue weighted by atomic mass is 79.9. The number of rotatable bonds is 3. The smallest absolute Gasteiger partial charge is 0.0551 e. The lowest BCUT2D eigenvalue weighted by molar-refractivity contribution is 0.725. The SMILES string of the molecule is CCNCc1cccc(Cl)c1Br. The van der Waals surface area contributed by atoms with Crippen LogP contribution >= 0.6 is 27.5 Å². The molecule has 0 bridgehead atoms. The molecule has 0 spiro atoms. The summed E-state index contributed by atoms with van der Waals surface area (Å²) >= 11 is 9.36. The van der Waals surface area contributed by atoms with Crippen LogP contribution in [0.25, 0.3) is 0 Å². The maximum atomic E-state index is 5.92. The fourth-order valence-corrected chi connectivity index (χ4v) is 1.54. The largest absolute Gasteiger partial charge is 0.313 e. The molecule has 0 amide bonds. The minimum atomic E-state index is 0.769. The Morgan fingerprint density at radius 2 is 2.25 bits per heavy atom. The Labute approximate surface area is 86.2 Å². The lowest BCUT2D eigenvalue weighted by Crippen LogP contribution is -2.11. The molecule has 0 heterocycles. The molecule has 0 unspecified atom stereocenters. The van der Waals surface area contributed by atoms with E-state index in [9.17, 15) is 0 Å². The number of hydrogen-bond acceptors (Lipinski definition) is 1. The molecule has 0 saturated heterocycles. The van der Waals surface area contributed by atoms with E-state index in [1.165, 1.54) is 5.56 Å². The Balaban J connectivity index is 2.78. The van der Waals surface area contributed by atoms with Crippen LogP contribution in [0.5, 0.6) is 0 Å². The van der Waals surface area contributed by atoms with Crippen LogP contribution in [0.15, 0.2) is 22.7 Å². The summed E-state index contributed by atoms with van der Waals surface area (Å²) in [6, 6.07) is 5.89. The number of hydrogen-bond donors (Lipinski definition) is 1. The van der Waals surface area contributed by atoms with Crippen LogP contribution < -0.4 is 5.32 Å². The van der Waals surface area contributed by atoms with Crippen LogP contribution in [-0.2, 0) is 6.54 Å². The van der Waals surface area contributed by atoms with Crippen molar-refractivity contribution < 1.29 is 0 Å². The molecule has 0 aliphatic carbocycles. The van der Waals surface area contributed by atoms with Crippen molar-refractivity contribution in [1.29, 1.82) is 0 Å². The van der Waals surface area contributed by atoms with Gasteiger partial charge in [0.1, 0.15) is 0 Å². The molecule has 1 N–H and O–H groups in total. The van der Waals surface area contributed by atoms with Crippen LogP contribution in [0.2, 0.25) is 5.02 Å². The summed E-state index contributed by atoms with van der Waals surface area (Å²) in [5.41, 5.74) is 1.20. The molecule has 1 aromatic rings. The fraction of sp³-hybridized carbons (Fsp3) is 0.333. The highest BCUT2D eigenvalue weighted by Gasteiger charge is 2.01. The number of benzene rings is 1. The van der Waals surface area contributed by atoms with E-state index in [0.29, 0.717) is 0 Å². The Morgan fingerprint density at radius 3 is 2.92 bits per heavy atom. The summed E-state index contributed by atoms with van der Waals surface area (Å²) in [6.07, 6.45) is 0. The van der Waals surface area contributed by atoms with Crippen molar-refractivity contribution >= 4 is 27.5 Å². The summed E-state index contributed by atoms with van der Waals surface area (Å²) in [6.45, 7) is 3.91. The van der Waals surface area contributed by atoms with Gasteiger partial charge in [0.15, 0.2) is 0 Å². The first-order chi connectivity index (χ1) is 5.75. The van der Waals surface area contributed by atoms with E-state index in [1.807, 2.05) is 12.1 Å². The molecule has 0 aliphatic rings. The van der Waals surface area contributed by atoms with Gasteiger partial charge in [0, 0.05) is 11.0 Å². The fourth-order valence-electron chi connectivity index (χ4n) is 0.945. The first kappa shape index (κ1) is 10.0. The number of nitrogens with one attached hydrogen (secondary N) is 1. The first-order valence-electron chi connectivity index (χ1n) is 3.89. The van der Waals surface area contributed by atoms with Gasteiger partial charge >= 0.3 is 0 Å². The van der Waals surface area contributed by atoms with Gasteiger partial charge in [-0.05, 0) is 34.1 Å². The zero-order valence-electron chi connectivity index (χ0n) is 6.90. The standard InChI is InChI=1S/C9H11BrClN/c1-2-12-6-7-4-3-5-8(11)9(7)10/h3-5,12H,2,6H2,1H3. The van der Waals surface area contributed by atoms with E-state index in [4.69, 9.17) is 11.6 Å². The third-order valence-corrected chi connectivity index (χ3v) is 3.08. The monoisotopic (exact) mass is 247 g/mol. The average Bonchev–Trinajstić information content (AvgIpc) is 2.08. The van der Waals surface area contributed by atoms with E-state index < -0.39 is 0 Å². The van der Waals surface area contributed by atoms with E-state index >= 15 is 0 Å². The van der Waals surface area contributed by atoms with Crippen molar-refractivity contribution in [3.8, 4) is 0 Å². The Bertz CT molecular complexity index is 263. The Hall–Kier alpha value is -0.0500. The van der Waals surface area contributed by atoms with Gasteiger partial charge in [-0.3, -0.25) is 0 Å². The minimum Gasteiger partial charge on any atom is -0.313 e. The number of halogens is 2. The molecule has 0 aliphatic heterocycles. The van der Waals surface area contributed by atoms with Crippen molar-refractivity contribution in [2.45, 2.75) is 13.5 Å². The van der Waals surface area contributed by atoms with Crippen LogP contribution in [0, 0.1) is 0 Å². The molecule has 0 atom stereocenters. The van der Waals surface area contributed by atoms with Crippen LogP contribution in [0.4, 0.5) is 0 Å². The maximum absolute atomic E-state index is 5.92. The van der Waals surface area contributed by atoms with E-state index in [2.05, 4.69) is 34.2 Å². The molecule has 1 nitrogen and oxygen atoms in total. The van der Waals surface area contributed by atoms with Crippen molar-refractivity contribution in [3.05, 3.63) is 33.3 Å². The van der Waals surface area contributed by atoms with E-state index in [-0.39, 0.29) is 0 Å². The predicted molar refractivity (Wildman–Crippen MR) is 56.5 cm³/mol. The zero-order chi connectivity index (χ0) is 8.97. The molecule has 12 heavy (non-hydrogen) atoms. The normalized spacial score (nSPS) is 10.2. The summed E-state index contributed by atoms with van der Waals surface area (Å²) in [5.74, 6) is 0. The van der Waals surface area contributed by atoms with E-state index in [0.717, 1.165) is 22.6 Å². The lowest BCUT2D eigenvalue weighted by atomic mass is 10.2. The molecular weight excluding hydrogens is 237 g/mol. The highest BCUT2D eigenvalue weighted by Crippen LogP contribution is 2.25. The van der Waals surface area contributed by atoms with E-state index in [1.54, 1.807) is 0 Å². The van der Waals surface area contributed by atoms with Gasteiger partial charge < -0.3 is 5.32 Å². The molecule has 1 aromatic carbocycles. The predicted octanol–water partition coefficient (Wildman–Crippen LogP) is 3.21. The second-order valence-corrected chi connectivity index (χ2v) is 3.69. The van der Waals surface area contributed by atoms with Gasteiger partial charge in [-0.25, -0.2) is 0 Å². The Kier molecular flexibility index (Phi) is 4.06. The highest BCUT2D eigenvalue weighted by molar-refractivity contribution is 9.10. The van der Waals surface area contributed by atoms with Gasteiger partial charge in [-0.2, -0.15) is 0 Å². The third kappa shape index (κ3) is 2.47. The quantitative estimate of drug-likeness (QED) is 0.866. The van der Waals surface area contributed by atoms with Crippen molar-refractivity contribution in [1.82, 2.24) is 5.32 Å². The molecule has 1 rings (SSSR count). The van der Waals surface area contributed by atoms with Crippen LogP contribution in [-0.4, -0.2) is 6.54 Å². The molecule has 0 aromatic heterocycles. The summed E-state index contributed by atoms with van der Waals surface area (Å²) in [4.78, 5) is 0. The maximum Gasteiger partial charge on any atom is 0.0551 e. The summed E-state index contributed by atoms with van der Waals surface area (Å²) in [7, 11) is 0. The summed E-state index contributed by atoms with van der Waals surface area (Å²) < 4.78 is 0.993. The second-order valence-electron chi connectivity index (χ2n) is 2.49. The molecule has 66 valence electrons. The van der Waals surface area contributed by atoms with Gasteiger partial charge in [0.2, 0.25) is 0 Å². The van der Waals surface area contributed by atoms with Crippen molar-refractivity contribution in [2.24, 2.45) is 0 Å². The minimum absolute atomic E-state index is 0.769. The zero-order valence-corrected chi connectivity index (χ0v) is 9.24. The van der Waals surface area contributed by atoms with Gasteiger partial charge in [-0.1, -0.05) is 30.7 Å². The van der Waals surface area contributed by atoms with Gasteiger partial charge in [0.25, 0.3) is 0 Å². The molecule has 3 heteroatoms. The first-order valence-corrected chi connectivity index (χ1v) is 5.06. The van der Waals surface area contributed by atoms with Crippen molar-refractivity contribution in [2.75, 3.05) is 6.54 Å². The van der Waals surface area contributed by atoms with Crippen LogP contribution in [0.3, 0.4) is 0 Å². The van der Waals surface area contributed by atoms with Gasteiger partial charge in [0.05, 0.1) is 5.02 Å². The summed E-state index contributed by atoms with van der Waals surface area (Å²) in [5, 5.41) is 4.01. The van der Waals surface area contributed by atoms with Gasteiger partial charge in [-0.15, -0.1) is 0 Å². The molecule has 0 radical (unpaired) electrons. The van der Waals surface area contributed by atoms with Crippen molar-refractivity contribution in [3.63, 3.8) is 0 Å². The molecule has 0 saturated carbocycles.